The van der Waals surface area contributed by atoms with Crippen LogP contribution in [0.1, 0.15) is 5.56 Å². The van der Waals surface area contributed by atoms with Crippen molar-refractivity contribution < 1.29 is 14.3 Å². The maximum atomic E-state index is 12.7. The minimum Gasteiger partial charge on any atom is -0.495 e. The van der Waals surface area contributed by atoms with Gasteiger partial charge in [0.05, 0.1) is 23.5 Å². The predicted molar refractivity (Wildman–Crippen MR) is 149 cm³/mol. The van der Waals surface area contributed by atoms with Crippen LogP contribution in [-0.4, -0.2) is 50.3 Å². The Bertz CT molecular complexity index is 1250. The average molecular weight is 573 g/mol. The van der Waals surface area contributed by atoms with E-state index in [1.54, 1.807) is 24.1 Å². The van der Waals surface area contributed by atoms with Crippen LogP contribution < -0.4 is 25.6 Å². The van der Waals surface area contributed by atoms with E-state index in [1.165, 1.54) is 0 Å². The molecule has 36 heavy (non-hydrogen) atoms. The average Bonchev–Trinajstić information content (AvgIpc) is 2.86. The summed E-state index contributed by atoms with van der Waals surface area (Å²) < 4.78 is 6.17. The van der Waals surface area contributed by atoms with Gasteiger partial charge < -0.3 is 30.5 Å². The topological polar surface area (TPSA) is 85.9 Å². The molecule has 0 aliphatic carbocycles. The molecule has 4 amide bonds. The summed E-state index contributed by atoms with van der Waals surface area (Å²) in [6, 6.07) is 18.1. The zero-order valence-corrected chi connectivity index (χ0v) is 22.3. The van der Waals surface area contributed by atoms with E-state index >= 15 is 0 Å². The van der Waals surface area contributed by atoms with Gasteiger partial charge in [-0.15, -0.1) is 0 Å². The van der Waals surface area contributed by atoms with Gasteiger partial charge in [-0.1, -0.05) is 33.6 Å². The second-order valence-corrected chi connectivity index (χ2v) is 9.68. The molecule has 0 bridgehead atoms. The van der Waals surface area contributed by atoms with Gasteiger partial charge in [0.25, 0.3) is 0 Å². The van der Waals surface area contributed by atoms with Crippen LogP contribution in [0.5, 0.6) is 5.75 Å². The maximum Gasteiger partial charge on any atom is 0.323 e. The minimum atomic E-state index is -0.350. The molecule has 3 N–H and O–H groups in total. The Kier molecular flexibility index (Phi) is 8.22. The van der Waals surface area contributed by atoms with Crippen LogP contribution in [0.2, 0.25) is 5.02 Å². The third-order valence-corrected chi connectivity index (χ3v) is 6.64. The molecule has 1 aliphatic heterocycles. The summed E-state index contributed by atoms with van der Waals surface area (Å²) in [4.78, 5) is 29.1. The first-order valence-corrected chi connectivity index (χ1v) is 12.6. The Hall–Kier alpha value is -3.43. The van der Waals surface area contributed by atoms with Gasteiger partial charge in [0.2, 0.25) is 0 Å². The van der Waals surface area contributed by atoms with Gasteiger partial charge in [-0.3, -0.25) is 0 Å². The zero-order chi connectivity index (χ0) is 25.7. The number of nitrogens with zero attached hydrogens (tertiary/aromatic N) is 2. The highest BCUT2D eigenvalue weighted by molar-refractivity contribution is 9.10. The molecular weight excluding hydrogens is 546 g/mol. The smallest absolute Gasteiger partial charge is 0.323 e. The van der Waals surface area contributed by atoms with Crippen molar-refractivity contribution in [3.63, 3.8) is 0 Å². The number of urea groups is 2. The van der Waals surface area contributed by atoms with Crippen molar-refractivity contribution in [1.82, 2.24) is 4.90 Å². The summed E-state index contributed by atoms with van der Waals surface area (Å²) in [5.41, 5.74) is 3.91. The fourth-order valence-corrected chi connectivity index (χ4v) is 4.63. The number of carbonyl (C=O) groups is 2. The monoisotopic (exact) mass is 571 g/mol. The highest BCUT2D eigenvalue weighted by atomic mass is 79.9. The number of nitrogens with one attached hydrogen (secondary N) is 3. The van der Waals surface area contributed by atoms with Gasteiger partial charge in [-0.25, -0.2) is 9.59 Å². The summed E-state index contributed by atoms with van der Waals surface area (Å²) in [6.07, 6.45) is 0. The Labute approximate surface area is 223 Å². The number of anilines is 4. The molecule has 4 rings (SSSR count). The van der Waals surface area contributed by atoms with Crippen molar-refractivity contribution in [3.05, 3.63) is 75.7 Å². The van der Waals surface area contributed by atoms with Crippen molar-refractivity contribution in [2.75, 3.05) is 54.1 Å². The van der Waals surface area contributed by atoms with Crippen molar-refractivity contribution >= 4 is 62.3 Å². The van der Waals surface area contributed by atoms with Crippen LogP contribution >= 0.6 is 27.5 Å². The quantitative estimate of drug-likeness (QED) is 0.329. The highest BCUT2D eigenvalue weighted by Gasteiger charge is 2.22. The largest absolute Gasteiger partial charge is 0.495 e. The Morgan fingerprint density at radius 1 is 0.889 bits per heavy atom. The standard InChI is InChI=1S/C26H27BrClN5O3/c1-17-3-10-24(36-2)23(15-17)30-25(34)29-19-5-7-20(8-6-19)32-11-13-33(14-12-32)26(35)31-22-9-4-18(27)16-21(22)28/h3-10,15-16H,11-14H2,1-2H3,(H,31,35)(H2,29,30,34). The van der Waals surface area contributed by atoms with Crippen LogP contribution in [0.15, 0.2) is 65.1 Å². The Morgan fingerprint density at radius 3 is 2.28 bits per heavy atom. The zero-order valence-electron chi connectivity index (χ0n) is 20.0. The van der Waals surface area contributed by atoms with Gasteiger partial charge in [-0.2, -0.15) is 0 Å². The number of piperazine rings is 1. The summed E-state index contributed by atoms with van der Waals surface area (Å²) in [5.74, 6) is 0.596. The van der Waals surface area contributed by atoms with Crippen LogP contribution in [-0.2, 0) is 0 Å². The van der Waals surface area contributed by atoms with Gasteiger partial charge in [0.15, 0.2) is 0 Å². The molecule has 1 saturated heterocycles. The third kappa shape index (κ3) is 6.41. The lowest BCUT2D eigenvalue weighted by molar-refractivity contribution is 0.208. The second kappa shape index (κ2) is 11.5. The molecule has 0 aromatic heterocycles. The lowest BCUT2D eigenvalue weighted by atomic mass is 10.2. The Balaban J connectivity index is 1.28. The molecule has 0 atom stereocenters. The van der Waals surface area contributed by atoms with Crippen LogP contribution in [0.4, 0.5) is 32.3 Å². The first kappa shape index (κ1) is 25.7. The van der Waals surface area contributed by atoms with Gasteiger partial charge in [0, 0.05) is 42.0 Å². The van der Waals surface area contributed by atoms with E-state index in [-0.39, 0.29) is 12.1 Å². The molecule has 3 aromatic carbocycles. The molecule has 0 saturated carbocycles. The van der Waals surface area contributed by atoms with Crippen molar-refractivity contribution in [1.29, 1.82) is 0 Å². The number of benzene rings is 3. The van der Waals surface area contributed by atoms with E-state index in [2.05, 4.69) is 36.8 Å². The fraction of sp³-hybridized carbons (Fsp3) is 0.231. The fourth-order valence-electron chi connectivity index (χ4n) is 3.91. The van der Waals surface area contributed by atoms with E-state index in [4.69, 9.17) is 16.3 Å². The van der Waals surface area contributed by atoms with Gasteiger partial charge in [0.1, 0.15) is 5.75 Å². The van der Waals surface area contributed by atoms with Crippen LogP contribution in [0, 0.1) is 6.92 Å². The molecule has 0 radical (unpaired) electrons. The van der Waals surface area contributed by atoms with E-state index in [0.717, 1.165) is 15.7 Å². The molecule has 188 valence electrons. The minimum absolute atomic E-state index is 0.172. The number of hydrogen-bond acceptors (Lipinski definition) is 4. The first-order chi connectivity index (χ1) is 17.3. The number of ether oxygens (including phenoxy) is 1. The first-order valence-electron chi connectivity index (χ1n) is 11.4. The van der Waals surface area contributed by atoms with Crippen molar-refractivity contribution in [2.45, 2.75) is 6.92 Å². The summed E-state index contributed by atoms with van der Waals surface area (Å²) >= 11 is 9.58. The number of amides is 4. The molecule has 0 spiro atoms. The molecule has 8 nitrogen and oxygen atoms in total. The number of carbonyl (C=O) groups excluding carboxylic acids is 2. The third-order valence-electron chi connectivity index (χ3n) is 5.83. The molecule has 0 unspecified atom stereocenters. The van der Waals surface area contributed by atoms with Crippen LogP contribution in [0.25, 0.3) is 0 Å². The maximum absolute atomic E-state index is 12.7. The number of rotatable bonds is 5. The number of hydrogen-bond donors (Lipinski definition) is 3. The van der Waals surface area contributed by atoms with E-state index < -0.39 is 0 Å². The summed E-state index contributed by atoms with van der Waals surface area (Å²) in [5, 5.41) is 9.03. The summed E-state index contributed by atoms with van der Waals surface area (Å²) in [7, 11) is 1.57. The molecule has 1 fully saturated rings. The number of halogens is 2. The molecule has 3 aromatic rings. The second-order valence-electron chi connectivity index (χ2n) is 8.36. The number of methoxy groups -OCH3 is 1. The van der Waals surface area contributed by atoms with Crippen molar-refractivity contribution in [3.8, 4) is 5.75 Å². The highest BCUT2D eigenvalue weighted by Crippen LogP contribution is 2.27. The molecule has 1 aliphatic rings. The number of aryl methyl sites for hydroxylation is 1. The van der Waals surface area contributed by atoms with Gasteiger partial charge in [-0.05, 0) is 67.1 Å². The molecule has 1 heterocycles. The Morgan fingerprint density at radius 2 is 1.61 bits per heavy atom. The predicted octanol–water partition coefficient (Wildman–Crippen LogP) is 6.42. The normalized spacial score (nSPS) is 13.2. The van der Waals surface area contributed by atoms with Crippen LogP contribution in [0.3, 0.4) is 0 Å². The van der Waals surface area contributed by atoms with E-state index in [0.29, 0.717) is 54.0 Å². The SMILES string of the molecule is COc1ccc(C)cc1NC(=O)Nc1ccc(N2CCN(C(=O)Nc3ccc(Br)cc3Cl)CC2)cc1. The van der Waals surface area contributed by atoms with Crippen molar-refractivity contribution in [2.24, 2.45) is 0 Å². The lowest BCUT2D eigenvalue weighted by Gasteiger charge is -2.36. The van der Waals surface area contributed by atoms with E-state index in [1.807, 2.05) is 55.5 Å². The van der Waals surface area contributed by atoms with Gasteiger partial charge >= 0.3 is 12.1 Å². The summed E-state index contributed by atoms with van der Waals surface area (Å²) in [6.45, 7) is 4.51. The molecular formula is C26H27BrClN5O3. The lowest BCUT2D eigenvalue weighted by Crippen LogP contribution is -2.50. The van der Waals surface area contributed by atoms with E-state index in [9.17, 15) is 9.59 Å². The molecule has 10 heteroatoms.